The van der Waals surface area contributed by atoms with E-state index < -0.39 is 15.0 Å². The summed E-state index contributed by atoms with van der Waals surface area (Å²) in [4.78, 5) is 11.5. The zero-order valence-electron chi connectivity index (χ0n) is 10.6. The number of ether oxygens (including phenoxy) is 1. The average Bonchev–Trinajstić information content (AvgIpc) is 2.31. The normalized spacial score (nSPS) is 15.7. The fourth-order valence-electron chi connectivity index (χ4n) is 2.00. The van der Waals surface area contributed by atoms with Crippen LogP contribution in [0.1, 0.15) is 36.0 Å². The van der Waals surface area contributed by atoms with Gasteiger partial charge in [0.2, 0.25) is 0 Å². The van der Waals surface area contributed by atoms with Crippen molar-refractivity contribution in [1.82, 2.24) is 0 Å². The van der Waals surface area contributed by atoms with E-state index in [1.165, 1.54) is 31.4 Å². The molecule has 0 spiro atoms. The van der Waals surface area contributed by atoms with Gasteiger partial charge in [-0.2, -0.15) is 0 Å². The summed E-state index contributed by atoms with van der Waals surface area (Å²) in [5.74, 6) is 0.0781. The summed E-state index contributed by atoms with van der Waals surface area (Å²) >= 11 is 5.74. The highest BCUT2D eigenvalue weighted by atomic mass is 35.7. The van der Waals surface area contributed by atoms with E-state index in [9.17, 15) is 13.2 Å². The third-order valence-electron chi connectivity index (χ3n) is 3.41. The number of esters is 1. The molecule has 1 aliphatic rings. The van der Waals surface area contributed by atoms with Crippen molar-refractivity contribution in [2.24, 2.45) is 5.92 Å². The van der Waals surface area contributed by atoms with Gasteiger partial charge in [0.15, 0.2) is 0 Å². The smallest absolute Gasteiger partial charge is 0.338 e. The molecule has 1 aliphatic carbocycles. The maximum atomic E-state index is 11.8. The lowest BCUT2D eigenvalue weighted by molar-refractivity contribution is 0.0464. The lowest BCUT2D eigenvalue weighted by atomic mass is 9.83. The first kappa shape index (κ1) is 15.6. The predicted molar refractivity (Wildman–Crippen MR) is 76.7 cm³/mol. The fraction of sp³-hybridized carbons (Fsp3) is 0.462. The molecule has 1 fully saturated rings. The molecule has 0 N–H and O–H groups in total. The van der Waals surface area contributed by atoms with E-state index in [1.807, 2.05) is 0 Å². The Labute approximate surface area is 127 Å². The minimum absolute atomic E-state index is 0.0222. The van der Waals surface area contributed by atoms with Crippen molar-refractivity contribution in [2.45, 2.75) is 30.6 Å². The molecule has 1 aromatic rings. The van der Waals surface area contributed by atoms with Crippen molar-refractivity contribution >= 4 is 37.3 Å². The number of carbonyl (C=O) groups excluding carboxylic acids is 1. The van der Waals surface area contributed by atoms with Gasteiger partial charge in [-0.25, -0.2) is 13.2 Å². The van der Waals surface area contributed by atoms with Gasteiger partial charge < -0.3 is 4.74 Å². The molecule has 0 saturated heterocycles. The van der Waals surface area contributed by atoms with Crippen molar-refractivity contribution in [1.29, 1.82) is 0 Å². The molecule has 0 radical (unpaired) electrons. The van der Waals surface area contributed by atoms with Crippen LogP contribution in [0, 0.1) is 5.92 Å². The van der Waals surface area contributed by atoms with Gasteiger partial charge in [-0.1, -0.05) is 30.9 Å². The number of halogens is 2. The van der Waals surface area contributed by atoms with E-state index in [1.54, 1.807) is 0 Å². The molecule has 2 rings (SSSR count). The molecular formula is C13H14Cl2O4S. The second-order valence-electron chi connectivity index (χ2n) is 4.80. The maximum Gasteiger partial charge on any atom is 0.338 e. The Balaban J connectivity index is 2.02. The van der Waals surface area contributed by atoms with E-state index in [0.717, 1.165) is 12.5 Å². The largest absolute Gasteiger partial charge is 0.462 e. The van der Waals surface area contributed by atoms with Crippen molar-refractivity contribution in [3.05, 3.63) is 28.8 Å². The first-order chi connectivity index (χ1) is 9.38. The third-order valence-corrected chi connectivity index (χ3v) is 5.22. The second-order valence-corrected chi connectivity index (χ2v) is 7.75. The van der Waals surface area contributed by atoms with Gasteiger partial charge in [-0.05, 0) is 30.5 Å². The first-order valence-electron chi connectivity index (χ1n) is 6.29. The van der Waals surface area contributed by atoms with Crippen molar-refractivity contribution in [3.8, 4) is 0 Å². The minimum Gasteiger partial charge on any atom is -0.462 e. The summed E-state index contributed by atoms with van der Waals surface area (Å²) in [5.41, 5.74) is 0.127. The van der Waals surface area contributed by atoms with Crippen LogP contribution in [-0.2, 0) is 13.8 Å². The zero-order valence-corrected chi connectivity index (χ0v) is 13.0. The van der Waals surface area contributed by atoms with Gasteiger partial charge in [-0.15, -0.1) is 0 Å². The lowest BCUT2D eigenvalue weighted by Gasteiger charge is -2.24. The molecule has 0 atom stereocenters. The fourth-order valence-corrected chi connectivity index (χ4v) is 3.49. The third kappa shape index (κ3) is 3.87. The van der Waals surface area contributed by atoms with E-state index in [4.69, 9.17) is 27.0 Å². The Hall–Kier alpha value is -0.780. The Kier molecular flexibility index (Phi) is 4.94. The zero-order chi connectivity index (χ0) is 14.8. The predicted octanol–water partition coefficient (Wildman–Crippen LogP) is 3.61. The summed E-state index contributed by atoms with van der Waals surface area (Å²) < 4.78 is 27.7. The SMILES string of the molecule is O=C(OCCC1CCC1)c1ccc(Cl)c(S(=O)(=O)Cl)c1. The van der Waals surface area contributed by atoms with Crippen molar-refractivity contribution in [2.75, 3.05) is 6.61 Å². The van der Waals surface area contributed by atoms with Gasteiger partial charge in [0.05, 0.1) is 17.2 Å². The van der Waals surface area contributed by atoms with E-state index >= 15 is 0 Å². The monoisotopic (exact) mass is 336 g/mol. The number of hydrogen-bond donors (Lipinski definition) is 0. The van der Waals surface area contributed by atoms with Crippen LogP contribution in [0.4, 0.5) is 0 Å². The number of benzene rings is 1. The average molecular weight is 337 g/mol. The Morgan fingerprint density at radius 2 is 2.05 bits per heavy atom. The Morgan fingerprint density at radius 3 is 2.60 bits per heavy atom. The molecule has 0 unspecified atom stereocenters. The molecule has 0 bridgehead atoms. The molecule has 7 heteroatoms. The molecule has 0 heterocycles. The molecule has 110 valence electrons. The summed E-state index contributed by atoms with van der Waals surface area (Å²) in [6.45, 7) is 0.342. The Morgan fingerprint density at radius 1 is 1.35 bits per heavy atom. The van der Waals surface area contributed by atoms with Crippen molar-refractivity contribution < 1.29 is 17.9 Å². The summed E-state index contributed by atoms with van der Waals surface area (Å²) in [6, 6.07) is 3.87. The molecule has 1 aromatic carbocycles. The van der Waals surface area contributed by atoms with Crippen molar-refractivity contribution in [3.63, 3.8) is 0 Å². The van der Waals surface area contributed by atoms with Crippen LogP contribution in [0.2, 0.25) is 5.02 Å². The molecule has 20 heavy (non-hydrogen) atoms. The number of hydrogen-bond acceptors (Lipinski definition) is 4. The molecule has 0 aromatic heterocycles. The quantitative estimate of drug-likeness (QED) is 0.608. The maximum absolute atomic E-state index is 11.8. The van der Waals surface area contributed by atoms with Crippen LogP contribution in [0.15, 0.2) is 23.1 Å². The van der Waals surface area contributed by atoms with E-state index in [2.05, 4.69) is 0 Å². The van der Waals surface area contributed by atoms with Crippen LogP contribution in [0.5, 0.6) is 0 Å². The number of rotatable bonds is 5. The van der Waals surface area contributed by atoms with Gasteiger partial charge in [-0.3, -0.25) is 0 Å². The highest BCUT2D eigenvalue weighted by Crippen LogP contribution is 2.29. The molecule has 4 nitrogen and oxygen atoms in total. The van der Waals surface area contributed by atoms with Gasteiger partial charge >= 0.3 is 5.97 Å². The van der Waals surface area contributed by atoms with Crippen LogP contribution >= 0.6 is 22.3 Å². The second kappa shape index (κ2) is 6.33. The van der Waals surface area contributed by atoms with Gasteiger partial charge in [0.25, 0.3) is 9.05 Å². The minimum atomic E-state index is -3.99. The molecule has 0 amide bonds. The van der Waals surface area contributed by atoms with E-state index in [0.29, 0.717) is 12.5 Å². The molecule has 1 saturated carbocycles. The van der Waals surface area contributed by atoms with Crippen LogP contribution in [0.25, 0.3) is 0 Å². The standard InChI is InChI=1S/C13H14Cl2O4S/c14-11-5-4-10(8-12(11)20(15,17)18)13(16)19-7-6-9-2-1-3-9/h4-5,8-9H,1-3,6-7H2. The first-order valence-corrected chi connectivity index (χ1v) is 8.98. The molecular weight excluding hydrogens is 323 g/mol. The lowest BCUT2D eigenvalue weighted by Crippen LogP contribution is -2.15. The van der Waals surface area contributed by atoms with E-state index in [-0.39, 0.29) is 15.5 Å². The van der Waals surface area contributed by atoms with Gasteiger partial charge in [0.1, 0.15) is 4.90 Å². The van der Waals surface area contributed by atoms with Crippen LogP contribution in [-0.4, -0.2) is 21.0 Å². The summed E-state index contributed by atoms with van der Waals surface area (Å²) in [7, 11) is 1.26. The van der Waals surface area contributed by atoms with Gasteiger partial charge in [0, 0.05) is 10.7 Å². The Bertz CT molecular complexity index is 609. The van der Waals surface area contributed by atoms with Crippen LogP contribution in [0.3, 0.4) is 0 Å². The summed E-state index contributed by atoms with van der Waals surface area (Å²) in [5, 5.41) is -0.0222. The summed E-state index contributed by atoms with van der Waals surface area (Å²) in [6.07, 6.45) is 4.47. The highest BCUT2D eigenvalue weighted by Gasteiger charge is 2.20. The van der Waals surface area contributed by atoms with Crippen LogP contribution < -0.4 is 0 Å². The number of carbonyl (C=O) groups is 1. The topological polar surface area (TPSA) is 60.4 Å². The molecule has 0 aliphatic heterocycles. The highest BCUT2D eigenvalue weighted by molar-refractivity contribution is 8.13.